The number of aryl methyl sites for hydroxylation is 1. The van der Waals surface area contributed by atoms with E-state index in [0.29, 0.717) is 16.3 Å². The van der Waals surface area contributed by atoms with Crippen LogP contribution in [-0.2, 0) is 18.5 Å². The fourth-order valence-electron chi connectivity index (χ4n) is 1.42. The van der Waals surface area contributed by atoms with E-state index in [9.17, 15) is 4.79 Å². The smallest absolute Gasteiger partial charge is 0.251 e. The molecule has 0 spiro atoms. The molecule has 0 saturated carbocycles. The zero-order chi connectivity index (χ0) is 12.4. The van der Waals surface area contributed by atoms with Gasteiger partial charge in [-0.3, -0.25) is 5.26 Å². The summed E-state index contributed by atoms with van der Waals surface area (Å²) in [4.78, 5) is 15.8. The molecule has 90 valence electrons. The standard InChI is InChI=1S/C9H9ClN4O3/c1-13-9(15)14(12-11-13)8-4-2-3-7(10)6(8)5-17-16/h2-4,16H,5H2,1H3. The van der Waals surface area contributed by atoms with Crippen molar-refractivity contribution >= 4 is 11.6 Å². The van der Waals surface area contributed by atoms with Crippen LogP contribution in [0.1, 0.15) is 5.56 Å². The van der Waals surface area contributed by atoms with Crippen molar-refractivity contribution in [1.82, 2.24) is 19.8 Å². The Hall–Kier alpha value is -1.70. The molecule has 0 bridgehead atoms. The van der Waals surface area contributed by atoms with Crippen LogP contribution in [0.4, 0.5) is 0 Å². The van der Waals surface area contributed by atoms with E-state index in [4.69, 9.17) is 16.9 Å². The molecule has 2 aromatic rings. The van der Waals surface area contributed by atoms with Crippen molar-refractivity contribution in [3.05, 3.63) is 39.3 Å². The van der Waals surface area contributed by atoms with Gasteiger partial charge in [-0.1, -0.05) is 17.7 Å². The highest BCUT2D eigenvalue weighted by Gasteiger charge is 2.13. The van der Waals surface area contributed by atoms with Gasteiger partial charge in [-0.05, 0) is 22.6 Å². The zero-order valence-corrected chi connectivity index (χ0v) is 9.63. The van der Waals surface area contributed by atoms with Gasteiger partial charge in [0.15, 0.2) is 0 Å². The third kappa shape index (κ3) is 2.07. The maximum Gasteiger partial charge on any atom is 0.368 e. The lowest BCUT2D eigenvalue weighted by molar-refractivity contribution is -0.252. The lowest BCUT2D eigenvalue weighted by Crippen LogP contribution is -2.23. The molecule has 0 radical (unpaired) electrons. The van der Waals surface area contributed by atoms with Crippen molar-refractivity contribution in [2.24, 2.45) is 7.05 Å². The number of hydrogen-bond acceptors (Lipinski definition) is 5. The van der Waals surface area contributed by atoms with E-state index in [2.05, 4.69) is 15.3 Å². The van der Waals surface area contributed by atoms with Crippen LogP contribution in [0, 0.1) is 0 Å². The van der Waals surface area contributed by atoms with Crippen LogP contribution in [-0.4, -0.2) is 25.0 Å². The van der Waals surface area contributed by atoms with Gasteiger partial charge in [-0.15, -0.1) is 0 Å². The van der Waals surface area contributed by atoms with E-state index < -0.39 is 5.69 Å². The second-order valence-corrected chi connectivity index (χ2v) is 3.72. The molecule has 0 fully saturated rings. The van der Waals surface area contributed by atoms with Gasteiger partial charge in [0.25, 0.3) is 0 Å². The van der Waals surface area contributed by atoms with Crippen molar-refractivity contribution in [3.8, 4) is 5.69 Å². The first-order chi connectivity index (χ1) is 8.15. The number of tetrazole rings is 1. The molecular formula is C9H9ClN4O3. The van der Waals surface area contributed by atoms with Gasteiger partial charge in [0, 0.05) is 17.6 Å². The third-order valence-electron chi connectivity index (χ3n) is 2.25. The molecule has 0 unspecified atom stereocenters. The van der Waals surface area contributed by atoms with Gasteiger partial charge in [0.1, 0.15) is 6.61 Å². The fraction of sp³-hybridized carbons (Fsp3) is 0.222. The Morgan fingerprint density at radius 2 is 2.24 bits per heavy atom. The van der Waals surface area contributed by atoms with Crippen LogP contribution in [0.3, 0.4) is 0 Å². The molecule has 7 nitrogen and oxygen atoms in total. The van der Waals surface area contributed by atoms with E-state index in [0.717, 1.165) is 9.36 Å². The van der Waals surface area contributed by atoms with Gasteiger partial charge in [0.05, 0.1) is 5.69 Å². The molecule has 1 aromatic carbocycles. The van der Waals surface area contributed by atoms with Crippen molar-refractivity contribution < 1.29 is 10.1 Å². The molecule has 1 heterocycles. The minimum Gasteiger partial charge on any atom is -0.251 e. The summed E-state index contributed by atoms with van der Waals surface area (Å²) in [5.74, 6) is 0. The van der Waals surface area contributed by atoms with E-state index in [-0.39, 0.29) is 6.61 Å². The summed E-state index contributed by atoms with van der Waals surface area (Å²) in [6.45, 7) is -0.141. The molecule has 1 N–H and O–H groups in total. The molecule has 0 aliphatic heterocycles. The predicted molar refractivity (Wildman–Crippen MR) is 59.0 cm³/mol. The highest BCUT2D eigenvalue weighted by molar-refractivity contribution is 6.31. The summed E-state index contributed by atoms with van der Waals surface area (Å²) in [6.07, 6.45) is 0. The van der Waals surface area contributed by atoms with Crippen LogP contribution < -0.4 is 5.69 Å². The van der Waals surface area contributed by atoms with E-state index in [1.54, 1.807) is 18.2 Å². The molecule has 0 amide bonds. The second-order valence-electron chi connectivity index (χ2n) is 3.31. The van der Waals surface area contributed by atoms with Crippen LogP contribution in [0.25, 0.3) is 5.69 Å². The Morgan fingerprint density at radius 1 is 1.47 bits per heavy atom. The first kappa shape index (κ1) is 11.8. The quantitative estimate of drug-likeness (QED) is 0.643. The highest BCUT2D eigenvalue weighted by atomic mass is 35.5. The van der Waals surface area contributed by atoms with Crippen LogP contribution in [0.2, 0.25) is 5.02 Å². The van der Waals surface area contributed by atoms with E-state index in [1.807, 2.05) is 0 Å². The van der Waals surface area contributed by atoms with Crippen molar-refractivity contribution in [2.75, 3.05) is 0 Å². The van der Waals surface area contributed by atoms with Crippen LogP contribution >= 0.6 is 11.6 Å². The number of hydrogen-bond donors (Lipinski definition) is 1. The Kier molecular flexibility index (Phi) is 3.23. The van der Waals surface area contributed by atoms with Crippen molar-refractivity contribution in [2.45, 2.75) is 6.61 Å². The normalized spacial score (nSPS) is 10.8. The first-order valence-corrected chi connectivity index (χ1v) is 5.06. The van der Waals surface area contributed by atoms with Gasteiger partial charge >= 0.3 is 5.69 Å². The predicted octanol–water partition coefficient (Wildman–Crippen LogP) is 0.609. The summed E-state index contributed by atoms with van der Waals surface area (Å²) in [7, 11) is 1.48. The number of halogens is 1. The Bertz CT molecular complexity index is 592. The molecule has 8 heteroatoms. The maximum absolute atomic E-state index is 11.7. The molecule has 17 heavy (non-hydrogen) atoms. The summed E-state index contributed by atoms with van der Waals surface area (Å²) in [5.41, 5.74) is 0.468. The van der Waals surface area contributed by atoms with Gasteiger partial charge in [0.2, 0.25) is 0 Å². The lowest BCUT2D eigenvalue weighted by atomic mass is 10.2. The SMILES string of the molecule is Cn1nnn(-c2cccc(Cl)c2COO)c1=O. The lowest BCUT2D eigenvalue weighted by Gasteiger charge is -2.07. The third-order valence-corrected chi connectivity index (χ3v) is 2.61. The Balaban J connectivity index is 2.63. The first-order valence-electron chi connectivity index (χ1n) is 4.68. The molecule has 0 aliphatic carbocycles. The number of benzene rings is 1. The molecule has 0 aliphatic rings. The van der Waals surface area contributed by atoms with Crippen LogP contribution in [0.15, 0.2) is 23.0 Å². The minimum absolute atomic E-state index is 0.141. The highest BCUT2D eigenvalue weighted by Crippen LogP contribution is 2.22. The largest absolute Gasteiger partial charge is 0.368 e. The summed E-state index contributed by atoms with van der Waals surface area (Å²) in [5, 5.41) is 16.2. The van der Waals surface area contributed by atoms with Crippen molar-refractivity contribution in [3.63, 3.8) is 0 Å². The summed E-state index contributed by atoms with van der Waals surface area (Å²) >= 11 is 5.96. The average Bonchev–Trinajstić information content (AvgIpc) is 2.63. The van der Waals surface area contributed by atoms with Gasteiger partial charge < -0.3 is 0 Å². The fourth-order valence-corrected chi connectivity index (χ4v) is 1.64. The monoisotopic (exact) mass is 256 g/mol. The van der Waals surface area contributed by atoms with Crippen LogP contribution in [0.5, 0.6) is 0 Å². The topological polar surface area (TPSA) is 82.2 Å². The van der Waals surface area contributed by atoms with Gasteiger partial charge in [-0.2, -0.15) is 9.36 Å². The number of aromatic nitrogens is 4. The molecular weight excluding hydrogens is 248 g/mol. The van der Waals surface area contributed by atoms with Gasteiger partial charge in [-0.25, -0.2) is 9.68 Å². The summed E-state index contributed by atoms with van der Waals surface area (Å²) in [6, 6.07) is 4.93. The molecule has 0 atom stereocenters. The molecule has 2 rings (SSSR count). The zero-order valence-electron chi connectivity index (χ0n) is 8.87. The van der Waals surface area contributed by atoms with Crippen molar-refractivity contribution in [1.29, 1.82) is 0 Å². The Labute approximate surface area is 101 Å². The second kappa shape index (κ2) is 4.66. The summed E-state index contributed by atoms with van der Waals surface area (Å²) < 4.78 is 2.17. The van der Waals surface area contributed by atoms with E-state index in [1.165, 1.54) is 7.05 Å². The van der Waals surface area contributed by atoms with E-state index >= 15 is 0 Å². The molecule has 0 saturated heterocycles. The average molecular weight is 257 g/mol. The number of nitrogens with zero attached hydrogens (tertiary/aromatic N) is 4. The Morgan fingerprint density at radius 3 is 2.82 bits per heavy atom. The minimum atomic E-state index is -0.411. The maximum atomic E-state index is 11.7. The molecule has 1 aromatic heterocycles. The number of rotatable bonds is 3.